The molecule has 0 fully saturated rings. The standard InChI is InChI=1S/C26H23NO/c1-26(15-16-28-24-14-8-7-13-23(24)26)17-22-21-12-6-5-11-20(21)18-27-25(22)19-9-3-2-4-10-19/h2-14,18H,15-17H2,1H3. The summed E-state index contributed by atoms with van der Waals surface area (Å²) < 4.78 is 5.94. The zero-order valence-electron chi connectivity index (χ0n) is 16.1. The first kappa shape index (κ1) is 17.0. The number of para-hydroxylation sites is 1. The fourth-order valence-electron chi connectivity index (χ4n) is 4.43. The van der Waals surface area contributed by atoms with Crippen LogP contribution in [0.5, 0.6) is 5.75 Å². The monoisotopic (exact) mass is 365 g/mol. The van der Waals surface area contributed by atoms with Gasteiger partial charge in [0.25, 0.3) is 0 Å². The molecule has 1 aliphatic rings. The topological polar surface area (TPSA) is 22.1 Å². The van der Waals surface area contributed by atoms with E-state index in [0.29, 0.717) is 0 Å². The van der Waals surface area contributed by atoms with Crippen LogP contribution in [0.4, 0.5) is 0 Å². The molecule has 2 heteroatoms. The number of nitrogens with zero attached hydrogens (tertiary/aromatic N) is 1. The minimum Gasteiger partial charge on any atom is -0.493 e. The molecule has 2 heterocycles. The fraction of sp³-hybridized carbons (Fsp3) is 0.192. The highest BCUT2D eigenvalue weighted by atomic mass is 16.5. The van der Waals surface area contributed by atoms with Crippen molar-refractivity contribution in [1.82, 2.24) is 4.98 Å². The molecule has 1 atom stereocenters. The maximum absolute atomic E-state index is 5.94. The molecule has 1 unspecified atom stereocenters. The van der Waals surface area contributed by atoms with Crippen LogP contribution in [0.1, 0.15) is 24.5 Å². The Bertz CT molecular complexity index is 1140. The summed E-state index contributed by atoms with van der Waals surface area (Å²) in [6, 6.07) is 27.6. The predicted molar refractivity (Wildman–Crippen MR) is 115 cm³/mol. The first-order chi connectivity index (χ1) is 13.7. The predicted octanol–water partition coefficient (Wildman–Crippen LogP) is 6.18. The fourth-order valence-corrected chi connectivity index (χ4v) is 4.43. The average molecular weight is 365 g/mol. The van der Waals surface area contributed by atoms with Gasteiger partial charge in [0.05, 0.1) is 12.3 Å². The molecule has 0 amide bonds. The van der Waals surface area contributed by atoms with E-state index < -0.39 is 0 Å². The highest BCUT2D eigenvalue weighted by Crippen LogP contribution is 2.43. The third-order valence-electron chi connectivity index (χ3n) is 5.97. The maximum atomic E-state index is 5.94. The number of fused-ring (bicyclic) bond motifs is 2. The molecule has 1 aromatic heterocycles. The Morgan fingerprint density at radius 3 is 2.54 bits per heavy atom. The smallest absolute Gasteiger partial charge is 0.123 e. The third-order valence-corrected chi connectivity index (χ3v) is 5.97. The second-order valence-corrected chi connectivity index (χ2v) is 7.87. The lowest BCUT2D eigenvalue weighted by Gasteiger charge is -2.36. The van der Waals surface area contributed by atoms with Crippen molar-refractivity contribution in [2.24, 2.45) is 0 Å². The summed E-state index contributed by atoms with van der Waals surface area (Å²) in [6.07, 6.45) is 3.94. The normalized spacial score (nSPS) is 18.5. The van der Waals surface area contributed by atoms with Gasteiger partial charge in [-0.2, -0.15) is 0 Å². The van der Waals surface area contributed by atoms with E-state index in [0.717, 1.165) is 30.9 Å². The van der Waals surface area contributed by atoms with E-state index in [2.05, 4.69) is 85.8 Å². The molecule has 3 aromatic carbocycles. The molecular formula is C26H23NO. The van der Waals surface area contributed by atoms with E-state index in [1.807, 2.05) is 6.20 Å². The molecule has 0 aliphatic carbocycles. The second kappa shape index (κ2) is 6.79. The van der Waals surface area contributed by atoms with Crippen molar-refractivity contribution < 1.29 is 4.74 Å². The molecular weight excluding hydrogens is 342 g/mol. The number of rotatable bonds is 3. The molecule has 0 N–H and O–H groups in total. The first-order valence-electron chi connectivity index (χ1n) is 9.89. The molecule has 28 heavy (non-hydrogen) atoms. The number of pyridine rings is 1. The summed E-state index contributed by atoms with van der Waals surface area (Å²) in [6.45, 7) is 3.12. The van der Waals surface area contributed by atoms with Crippen molar-refractivity contribution >= 4 is 10.8 Å². The largest absolute Gasteiger partial charge is 0.493 e. The zero-order chi connectivity index (χ0) is 19.0. The number of benzene rings is 3. The van der Waals surface area contributed by atoms with Crippen LogP contribution < -0.4 is 4.74 Å². The van der Waals surface area contributed by atoms with Crippen LogP contribution in [0.25, 0.3) is 22.0 Å². The molecule has 0 saturated heterocycles. The van der Waals surface area contributed by atoms with Crippen LogP contribution in [0.2, 0.25) is 0 Å². The summed E-state index contributed by atoms with van der Waals surface area (Å²) in [5.74, 6) is 1.02. The number of aromatic nitrogens is 1. The van der Waals surface area contributed by atoms with Gasteiger partial charge in [-0.1, -0.05) is 79.7 Å². The number of hydrogen-bond donors (Lipinski definition) is 0. The van der Waals surface area contributed by atoms with E-state index in [9.17, 15) is 0 Å². The molecule has 0 radical (unpaired) electrons. The van der Waals surface area contributed by atoms with Crippen LogP contribution in [0.15, 0.2) is 85.1 Å². The lowest BCUT2D eigenvalue weighted by molar-refractivity contribution is 0.223. The zero-order valence-corrected chi connectivity index (χ0v) is 16.1. The Morgan fingerprint density at radius 1 is 0.893 bits per heavy atom. The summed E-state index contributed by atoms with van der Waals surface area (Å²) >= 11 is 0. The van der Waals surface area contributed by atoms with Crippen molar-refractivity contribution in [3.8, 4) is 17.0 Å². The van der Waals surface area contributed by atoms with E-state index in [1.165, 1.54) is 27.5 Å². The quantitative estimate of drug-likeness (QED) is 0.432. The van der Waals surface area contributed by atoms with Gasteiger partial charge < -0.3 is 4.74 Å². The highest BCUT2D eigenvalue weighted by molar-refractivity contribution is 5.90. The number of ether oxygens (including phenoxy) is 1. The summed E-state index contributed by atoms with van der Waals surface area (Å²) in [5.41, 5.74) is 4.90. The minimum atomic E-state index is 0.0180. The Hall–Kier alpha value is -3.13. The lowest BCUT2D eigenvalue weighted by atomic mass is 9.72. The Labute approximate surface area is 165 Å². The van der Waals surface area contributed by atoms with Gasteiger partial charge in [0.2, 0.25) is 0 Å². The third kappa shape index (κ3) is 2.86. The number of hydrogen-bond acceptors (Lipinski definition) is 2. The summed E-state index contributed by atoms with van der Waals surface area (Å²) in [4.78, 5) is 4.90. The summed E-state index contributed by atoms with van der Waals surface area (Å²) in [5, 5.41) is 2.49. The SMILES string of the molecule is CC1(Cc2c(-c3ccccc3)ncc3ccccc23)CCOc2ccccc21. The van der Waals surface area contributed by atoms with Crippen molar-refractivity contribution in [2.45, 2.75) is 25.2 Å². The van der Waals surface area contributed by atoms with Crippen LogP contribution >= 0.6 is 0 Å². The first-order valence-corrected chi connectivity index (χ1v) is 9.89. The average Bonchev–Trinajstić information content (AvgIpc) is 2.75. The maximum Gasteiger partial charge on any atom is 0.123 e. The second-order valence-electron chi connectivity index (χ2n) is 7.87. The van der Waals surface area contributed by atoms with Crippen LogP contribution in [-0.4, -0.2) is 11.6 Å². The van der Waals surface area contributed by atoms with Gasteiger partial charge in [-0.05, 0) is 29.9 Å². The van der Waals surface area contributed by atoms with Crippen LogP contribution in [0.3, 0.4) is 0 Å². The van der Waals surface area contributed by atoms with Crippen molar-refractivity contribution in [1.29, 1.82) is 0 Å². The van der Waals surface area contributed by atoms with E-state index >= 15 is 0 Å². The summed E-state index contributed by atoms with van der Waals surface area (Å²) in [7, 11) is 0. The van der Waals surface area contributed by atoms with Gasteiger partial charge in [0.15, 0.2) is 0 Å². The van der Waals surface area contributed by atoms with Gasteiger partial charge in [0.1, 0.15) is 5.75 Å². The molecule has 0 bridgehead atoms. The van der Waals surface area contributed by atoms with E-state index in [4.69, 9.17) is 9.72 Å². The molecule has 0 spiro atoms. The molecule has 4 aromatic rings. The molecule has 2 nitrogen and oxygen atoms in total. The van der Waals surface area contributed by atoms with Gasteiger partial charge in [-0.3, -0.25) is 4.98 Å². The van der Waals surface area contributed by atoms with Crippen molar-refractivity contribution in [3.63, 3.8) is 0 Å². The molecule has 1 aliphatic heterocycles. The van der Waals surface area contributed by atoms with E-state index in [-0.39, 0.29) is 5.41 Å². The van der Waals surface area contributed by atoms with Crippen molar-refractivity contribution in [2.75, 3.05) is 6.61 Å². The molecule has 138 valence electrons. The van der Waals surface area contributed by atoms with Crippen LogP contribution in [0, 0.1) is 0 Å². The molecule has 5 rings (SSSR count). The van der Waals surface area contributed by atoms with Crippen molar-refractivity contribution in [3.05, 3.63) is 96.2 Å². The van der Waals surface area contributed by atoms with Gasteiger partial charge in [-0.15, -0.1) is 0 Å². The van der Waals surface area contributed by atoms with Gasteiger partial charge in [0, 0.05) is 28.1 Å². The Balaban J connectivity index is 1.71. The van der Waals surface area contributed by atoms with E-state index in [1.54, 1.807) is 0 Å². The highest BCUT2D eigenvalue weighted by Gasteiger charge is 2.34. The Morgan fingerprint density at radius 2 is 1.64 bits per heavy atom. The van der Waals surface area contributed by atoms with Crippen LogP contribution in [-0.2, 0) is 11.8 Å². The Kier molecular flexibility index (Phi) is 4.12. The van der Waals surface area contributed by atoms with Gasteiger partial charge >= 0.3 is 0 Å². The minimum absolute atomic E-state index is 0.0180. The van der Waals surface area contributed by atoms with Gasteiger partial charge in [-0.25, -0.2) is 0 Å². The lowest BCUT2D eigenvalue weighted by Crippen LogP contribution is -2.32. The molecule has 0 saturated carbocycles.